The Bertz CT molecular complexity index is 298. The van der Waals surface area contributed by atoms with Crippen molar-refractivity contribution in [2.24, 2.45) is 11.3 Å². The van der Waals surface area contributed by atoms with Crippen LogP contribution >= 0.6 is 0 Å². The molecule has 0 aromatic carbocycles. The van der Waals surface area contributed by atoms with E-state index in [9.17, 15) is 4.79 Å². The molecular weight excluding hydrogens is 184 g/mol. The second kappa shape index (κ2) is 4.78. The predicted octanol–water partition coefficient (Wildman–Crippen LogP) is 3.90. The number of carbonyl (C=O) groups is 1. The first-order chi connectivity index (χ1) is 7.01. The van der Waals surface area contributed by atoms with Crippen LogP contribution in [0.1, 0.15) is 47.0 Å². The summed E-state index contributed by atoms with van der Waals surface area (Å²) in [4.78, 5) is 11.2. The van der Waals surface area contributed by atoms with Crippen LogP contribution in [0.4, 0.5) is 0 Å². The van der Waals surface area contributed by atoms with Crippen LogP contribution in [0.15, 0.2) is 23.3 Å². The van der Waals surface area contributed by atoms with Gasteiger partial charge in [-0.25, -0.2) is 0 Å². The molecule has 0 amide bonds. The average molecular weight is 206 g/mol. The van der Waals surface area contributed by atoms with Crippen molar-refractivity contribution in [3.8, 4) is 0 Å². The summed E-state index contributed by atoms with van der Waals surface area (Å²) in [6, 6.07) is 0. The molecule has 1 aliphatic rings. The van der Waals surface area contributed by atoms with E-state index in [0.717, 1.165) is 25.5 Å². The second-order valence-electron chi connectivity index (χ2n) is 5.08. The molecule has 2 atom stereocenters. The summed E-state index contributed by atoms with van der Waals surface area (Å²) in [6.45, 7) is 8.47. The summed E-state index contributed by atoms with van der Waals surface area (Å²) in [5.74, 6) is 0.389. The lowest BCUT2D eigenvalue weighted by atomic mass is 9.68. The molecule has 0 aromatic heterocycles. The monoisotopic (exact) mass is 206 g/mol. The molecule has 0 bridgehead atoms. The Morgan fingerprint density at radius 3 is 2.87 bits per heavy atom. The molecule has 1 nitrogen and oxygen atoms in total. The molecule has 2 unspecified atom stereocenters. The van der Waals surface area contributed by atoms with E-state index in [1.165, 1.54) is 11.1 Å². The van der Waals surface area contributed by atoms with Crippen LogP contribution in [-0.4, -0.2) is 6.29 Å². The lowest BCUT2D eigenvalue weighted by Gasteiger charge is -2.35. The Hall–Kier alpha value is -0.850. The summed E-state index contributed by atoms with van der Waals surface area (Å²) in [7, 11) is 0. The standard InChI is InChI=1S/C14H22O/c1-5-11(2)8-13-9-12(3)6-7-14(13,4)10-15/h5,9-10,13H,6-8H2,1-4H3. The number of aldehydes is 1. The minimum absolute atomic E-state index is 0.149. The van der Waals surface area contributed by atoms with Gasteiger partial charge in [-0.2, -0.15) is 0 Å². The van der Waals surface area contributed by atoms with Crippen LogP contribution < -0.4 is 0 Å². The second-order valence-corrected chi connectivity index (χ2v) is 5.08. The zero-order valence-corrected chi connectivity index (χ0v) is 10.3. The molecule has 0 fully saturated rings. The zero-order chi connectivity index (χ0) is 11.5. The number of carbonyl (C=O) groups excluding carboxylic acids is 1. The fraction of sp³-hybridized carbons (Fsp3) is 0.643. The summed E-state index contributed by atoms with van der Waals surface area (Å²) in [5, 5.41) is 0. The van der Waals surface area contributed by atoms with Gasteiger partial charge in [-0.3, -0.25) is 0 Å². The Balaban J connectivity index is 2.88. The summed E-state index contributed by atoms with van der Waals surface area (Å²) in [6.07, 6.45) is 8.68. The fourth-order valence-electron chi connectivity index (χ4n) is 2.17. The van der Waals surface area contributed by atoms with E-state index >= 15 is 0 Å². The van der Waals surface area contributed by atoms with Crippen molar-refractivity contribution >= 4 is 6.29 Å². The molecule has 0 aromatic rings. The van der Waals surface area contributed by atoms with Gasteiger partial charge in [-0.15, -0.1) is 0 Å². The van der Waals surface area contributed by atoms with Crippen molar-refractivity contribution in [1.29, 1.82) is 0 Å². The SMILES string of the molecule is CC=C(C)CC1C=C(C)CCC1(C)C=O. The van der Waals surface area contributed by atoms with E-state index < -0.39 is 0 Å². The first-order valence-electron chi connectivity index (χ1n) is 5.77. The van der Waals surface area contributed by atoms with Crippen molar-refractivity contribution < 1.29 is 4.79 Å². The Kier molecular flexibility index (Phi) is 3.90. The van der Waals surface area contributed by atoms with E-state index in [4.69, 9.17) is 0 Å². The molecule has 0 aliphatic heterocycles. The quantitative estimate of drug-likeness (QED) is 0.505. The van der Waals surface area contributed by atoms with Crippen molar-refractivity contribution in [2.75, 3.05) is 0 Å². The predicted molar refractivity (Wildman–Crippen MR) is 64.7 cm³/mol. The summed E-state index contributed by atoms with van der Waals surface area (Å²) >= 11 is 0. The van der Waals surface area contributed by atoms with Crippen molar-refractivity contribution in [2.45, 2.75) is 47.0 Å². The van der Waals surface area contributed by atoms with Gasteiger partial charge in [-0.05, 0) is 46.0 Å². The van der Waals surface area contributed by atoms with E-state index in [2.05, 4.69) is 39.8 Å². The van der Waals surface area contributed by atoms with Gasteiger partial charge in [-0.1, -0.05) is 30.2 Å². The maximum absolute atomic E-state index is 11.2. The van der Waals surface area contributed by atoms with Gasteiger partial charge in [0.1, 0.15) is 6.29 Å². The third-order valence-corrected chi connectivity index (χ3v) is 3.69. The number of hydrogen-bond acceptors (Lipinski definition) is 1. The first-order valence-corrected chi connectivity index (χ1v) is 5.77. The number of hydrogen-bond donors (Lipinski definition) is 0. The number of allylic oxidation sites excluding steroid dienone is 4. The number of rotatable bonds is 3. The van der Waals surface area contributed by atoms with Gasteiger partial charge in [0.05, 0.1) is 0 Å². The maximum atomic E-state index is 11.2. The van der Waals surface area contributed by atoms with E-state index in [-0.39, 0.29) is 5.41 Å². The first kappa shape index (κ1) is 12.2. The molecule has 0 N–H and O–H groups in total. The highest BCUT2D eigenvalue weighted by atomic mass is 16.1. The molecule has 1 rings (SSSR count). The van der Waals surface area contributed by atoms with E-state index in [0.29, 0.717) is 5.92 Å². The lowest BCUT2D eigenvalue weighted by Crippen LogP contribution is -2.31. The molecule has 0 spiro atoms. The Morgan fingerprint density at radius 1 is 1.67 bits per heavy atom. The van der Waals surface area contributed by atoms with Crippen LogP contribution in [-0.2, 0) is 4.79 Å². The van der Waals surface area contributed by atoms with Crippen molar-refractivity contribution in [1.82, 2.24) is 0 Å². The van der Waals surface area contributed by atoms with E-state index in [1.807, 2.05) is 0 Å². The highest BCUT2D eigenvalue weighted by Gasteiger charge is 2.34. The minimum atomic E-state index is -0.149. The van der Waals surface area contributed by atoms with Gasteiger partial charge < -0.3 is 4.79 Å². The summed E-state index contributed by atoms with van der Waals surface area (Å²) in [5.41, 5.74) is 2.66. The van der Waals surface area contributed by atoms with Crippen molar-refractivity contribution in [3.05, 3.63) is 23.3 Å². The van der Waals surface area contributed by atoms with Crippen LogP contribution in [0.25, 0.3) is 0 Å². The lowest BCUT2D eigenvalue weighted by molar-refractivity contribution is -0.117. The normalized spacial score (nSPS) is 32.4. The minimum Gasteiger partial charge on any atom is -0.303 e. The van der Waals surface area contributed by atoms with Gasteiger partial charge in [0.25, 0.3) is 0 Å². The Morgan fingerprint density at radius 2 is 2.33 bits per heavy atom. The third-order valence-electron chi connectivity index (χ3n) is 3.69. The van der Waals surface area contributed by atoms with Crippen LogP contribution in [0.2, 0.25) is 0 Å². The molecular formula is C14H22O. The van der Waals surface area contributed by atoms with Crippen LogP contribution in [0.3, 0.4) is 0 Å². The molecule has 1 heteroatoms. The van der Waals surface area contributed by atoms with Gasteiger partial charge in [0.15, 0.2) is 0 Å². The van der Waals surface area contributed by atoms with E-state index in [1.54, 1.807) is 0 Å². The smallest absolute Gasteiger partial charge is 0.126 e. The van der Waals surface area contributed by atoms with Gasteiger partial charge in [0, 0.05) is 5.41 Å². The fourth-order valence-corrected chi connectivity index (χ4v) is 2.17. The molecule has 0 saturated heterocycles. The topological polar surface area (TPSA) is 17.1 Å². The highest BCUT2D eigenvalue weighted by Crippen LogP contribution is 2.41. The summed E-state index contributed by atoms with van der Waals surface area (Å²) < 4.78 is 0. The molecule has 15 heavy (non-hydrogen) atoms. The average Bonchev–Trinajstić information content (AvgIpc) is 2.23. The zero-order valence-electron chi connectivity index (χ0n) is 10.3. The molecule has 0 radical (unpaired) electrons. The van der Waals surface area contributed by atoms with Crippen LogP contribution in [0, 0.1) is 11.3 Å². The largest absolute Gasteiger partial charge is 0.303 e. The van der Waals surface area contributed by atoms with Crippen LogP contribution in [0.5, 0.6) is 0 Å². The highest BCUT2D eigenvalue weighted by molar-refractivity contribution is 5.60. The van der Waals surface area contributed by atoms with Gasteiger partial charge >= 0.3 is 0 Å². The molecule has 1 aliphatic carbocycles. The Labute approximate surface area is 93.3 Å². The van der Waals surface area contributed by atoms with Crippen molar-refractivity contribution in [3.63, 3.8) is 0 Å². The maximum Gasteiger partial charge on any atom is 0.126 e. The molecule has 0 heterocycles. The molecule has 84 valence electrons. The molecule has 0 saturated carbocycles. The van der Waals surface area contributed by atoms with Gasteiger partial charge in [0.2, 0.25) is 0 Å². The third kappa shape index (κ3) is 2.80.